The van der Waals surface area contributed by atoms with Crippen LogP contribution >= 0.6 is 0 Å². The van der Waals surface area contributed by atoms with Gasteiger partial charge in [0.15, 0.2) is 6.61 Å². The summed E-state index contributed by atoms with van der Waals surface area (Å²) in [5, 5.41) is 4.47. The maximum Gasteiger partial charge on any atom is 0.343 e. The molecule has 2 heterocycles. The van der Waals surface area contributed by atoms with Gasteiger partial charge >= 0.3 is 5.97 Å². The maximum absolute atomic E-state index is 11.3. The number of rotatable bonds is 6. The van der Waals surface area contributed by atoms with Crippen molar-refractivity contribution in [2.45, 2.75) is 19.8 Å². The van der Waals surface area contributed by atoms with Gasteiger partial charge in [0.2, 0.25) is 0 Å². The maximum atomic E-state index is 11.3. The quantitative estimate of drug-likeness (QED) is 0.654. The van der Waals surface area contributed by atoms with Crippen LogP contribution in [0.3, 0.4) is 0 Å². The zero-order chi connectivity index (χ0) is 16.9. The molecular weight excluding hydrogens is 304 g/mol. The molecular formula is C19H20N2O3. The molecule has 0 aliphatic rings. The molecule has 0 radical (unpaired) electrons. The van der Waals surface area contributed by atoms with Crippen LogP contribution in [-0.4, -0.2) is 29.3 Å². The summed E-state index contributed by atoms with van der Waals surface area (Å²) in [5.41, 5.74) is 4.46. The number of aryl methyl sites for hydroxylation is 1. The monoisotopic (exact) mass is 324 g/mol. The van der Waals surface area contributed by atoms with E-state index in [1.165, 1.54) is 18.2 Å². The van der Waals surface area contributed by atoms with Crippen LogP contribution in [0.5, 0.6) is 5.75 Å². The molecule has 0 spiro atoms. The average Bonchev–Trinajstić information content (AvgIpc) is 2.98. The standard InChI is InChI=1S/C19H20N2O3/c1-3-15-12-17-18(24-13-19(22)23-2)9-10-20-21(17)16(15)11-14-7-5-4-6-8-14/h4-10,12H,3,11,13H2,1-2H3. The van der Waals surface area contributed by atoms with Gasteiger partial charge in [-0.15, -0.1) is 0 Å². The predicted octanol–water partition coefficient (Wildman–Crippen LogP) is 3.04. The van der Waals surface area contributed by atoms with Crippen molar-refractivity contribution >= 4 is 11.5 Å². The molecule has 0 saturated heterocycles. The summed E-state index contributed by atoms with van der Waals surface area (Å²) in [4.78, 5) is 11.3. The van der Waals surface area contributed by atoms with Crippen molar-refractivity contribution in [1.82, 2.24) is 9.61 Å². The van der Waals surface area contributed by atoms with E-state index in [2.05, 4.69) is 35.0 Å². The van der Waals surface area contributed by atoms with E-state index in [0.717, 1.165) is 24.1 Å². The molecule has 0 atom stereocenters. The number of ether oxygens (including phenoxy) is 2. The lowest BCUT2D eigenvalue weighted by atomic mass is 10.1. The van der Waals surface area contributed by atoms with Crippen LogP contribution in [0.1, 0.15) is 23.7 Å². The number of hydrogen-bond acceptors (Lipinski definition) is 4. The summed E-state index contributed by atoms with van der Waals surface area (Å²) in [5.74, 6) is 0.223. The lowest BCUT2D eigenvalue weighted by Crippen LogP contribution is -2.13. The zero-order valence-electron chi connectivity index (χ0n) is 13.9. The Bertz CT molecular complexity index is 840. The van der Waals surface area contributed by atoms with Gasteiger partial charge < -0.3 is 9.47 Å². The van der Waals surface area contributed by atoms with Crippen molar-refractivity contribution in [3.63, 3.8) is 0 Å². The summed E-state index contributed by atoms with van der Waals surface area (Å²) in [7, 11) is 1.35. The summed E-state index contributed by atoms with van der Waals surface area (Å²) < 4.78 is 12.1. The first-order valence-electron chi connectivity index (χ1n) is 7.95. The Balaban J connectivity index is 1.98. The fourth-order valence-corrected chi connectivity index (χ4v) is 2.75. The van der Waals surface area contributed by atoms with Crippen molar-refractivity contribution in [3.8, 4) is 5.75 Å². The van der Waals surface area contributed by atoms with Gasteiger partial charge in [0.25, 0.3) is 0 Å². The van der Waals surface area contributed by atoms with Crippen LogP contribution < -0.4 is 4.74 Å². The van der Waals surface area contributed by atoms with Crippen LogP contribution in [0.15, 0.2) is 48.7 Å². The van der Waals surface area contributed by atoms with E-state index in [4.69, 9.17) is 4.74 Å². The van der Waals surface area contributed by atoms with Gasteiger partial charge in [0.1, 0.15) is 11.3 Å². The first kappa shape index (κ1) is 16.1. The molecule has 5 nitrogen and oxygen atoms in total. The Morgan fingerprint density at radius 3 is 2.71 bits per heavy atom. The summed E-state index contributed by atoms with van der Waals surface area (Å²) in [6.07, 6.45) is 3.39. The highest BCUT2D eigenvalue weighted by atomic mass is 16.6. The van der Waals surface area contributed by atoms with E-state index in [9.17, 15) is 4.79 Å². The number of aromatic nitrogens is 2. The number of nitrogens with zero attached hydrogens (tertiary/aromatic N) is 2. The minimum Gasteiger partial charge on any atom is -0.480 e. The average molecular weight is 324 g/mol. The Morgan fingerprint density at radius 1 is 1.21 bits per heavy atom. The van der Waals surface area contributed by atoms with E-state index >= 15 is 0 Å². The van der Waals surface area contributed by atoms with Crippen molar-refractivity contribution in [2.75, 3.05) is 13.7 Å². The van der Waals surface area contributed by atoms with Crippen molar-refractivity contribution < 1.29 is 14.3 Å². The Labute approximate surface area is 140 Å². The molecule has 0 aliphatic carbocycles. The molecule has 0 N–H and O–H groups in total. The number of methoxy groups -OCH3 is 1. The van der Waals surface area contributed by atoms with Crippen molar-refractivity contribution in [3.05, 3.63) is 65.5 Å². The number of fused-ring (bicyclic) bond motifs is 1. The Kier molecular flexibility index (Phi) is 4.79. The van der Waals surface area contributed by atoms with E-state index < -0.39 is 5.97 Å². The molecule has 0 amide bonds. The highest BCUT2D eigenvalue weighted by Gasteiger charge is 2.14. The molecule has 124 valence electrons. The Morgan fingerprint density at radius 2 is 2.00 bits per heavy atom. The number of esters is 1. The highest BCUT2D eigenvalue weighted by molar-refractivity contribution is 5.72. The van der Waals surface area contributed by atoms with Crippen molar-refractivity contribution in [1.29, 1.82) is 0 Å². The molecule has 1 aromatic carbocycles. The normalized spacial score (nSPS) is 10.8. The smallest absolute Gasteiger partial charge is 0.343 e. The van der Waals surface area contributed by atoms with E-state index in [-0.39, 0.29) is 6.61 Å². The number of benzene rings is 1. The molecule has 0 saturated carbocycles. The first-order chi connectivity index (χ1) is 11.7. The summed E-state index contributed by atoms with van der Waals surface area (Å²) in [6.45, 7) is 2.01. The topological polar surface area (TPSA) is 52.8 Å². The van der Waals surface area contributed by atoms with Gasteiger partial charge in [-0.2, -0.15) is 5.10 Å². The summed E-state index contributed by atoms with van der Waals surface area (Å²) >= 11 is 0. The first-order valence-corrected chi connectivity index (χ1v) is 7.95. The van der Waals surface area contributed by atoms with E-state index in [1.807, 2.05) is 22.7 Å². The molecule has 3 rings (SSSR count). The molecule has 0 bridgehead atoms. The minimum absolute atomic E-state index is 0.114. The lowest BCUT2D eigenvalue weighted by molar-refractivity contribution is -0.142. The largest absolute Gasteiger partial charge is 0.480 e. The van der Waals surface area contributed by atoms with Crippen LogP contribution in [0, 0.1) is 0 Å². The number of carbonyl (C=O) groups excluding carboxylic acids is 1. The van der Waals surface area contributed by atoms with Gasteiger partial charge in [-0.3, -0.25) is 0 Å². The van der Waals surface area contributed by atoms with Crippen LogP contribution in [-0.2, 0) is 22.4 Å². The van der Waals surface area contributed by atoms with Gasteiger partial charge in [-0.1, -0.05) is 37.3 Å². The second kappa shape index (κ2) is 7.17. The lowest BCUT2D eigenvalue weighted by Gasteiger charge is -2.08. The number of carbonyl (C=O) groups is 1. The minimum atomic E-state index is -0.406. The van der Waals surface area contributed by atoms with Gasteiger partial charge in [0, 0.05) is 12.5 Å². The predicted molar refractivity (Wildman–Crippen MR) is 91.3 cm³/mol. The fraction of sp³-hybridized carbons (Fsp3) is 0.263. The van der Waals surface area contributed by atoms with Crippen LogP contribution in [0.2, 0.25) is 0 Å². The molecule has 24 heavy (non-hydrogen) atoms. The third kappa shape index (κ3) is 3.25. The van der Waals surface area contributed by atoms with Gasteiger partial charge in [0.05, 0.1) is 19.0 Å². The third-order valence-electron chi connectivity index (χ3n) is 3.99. The van der Waals surface area contributed by atoms with Crippen molar-refractivity contribution in [2.24, 2.45) is 0 Å². The molecule has 5 heteroatoms. The van der Waals surface area contributed by atoms with Crippen LogP contribution in [0.25, 0.3) is 5.52 Å². The Hall–Kier alpha value is -2.82. The number of hydrogen-bond donors (Lipinski definition) is 0. The molecule has 0 aliphatic heterocycles. The second-order valence-electron chi connectivity index (χ2n) is 5.49. The highest BCUT2D eigenvalue weighted by Crippen LogP contribution is 2.26. The van der Waals surface area contributed by atoms with Gasteiger partial charge in [-0.05, 0) is 23.6 Å². The fourth-order valence-electron chi connectivity index (χ4n) is 2.75. The summed E-state index contributed by atoms with van der Waals surface area (Å²) in [6, 6.07) is 14.1. The van der Waals surface area contributed by atoms with Gasteiger partial charge in [-0.25, -0.2) is 9.31 Å². The molecule has 3 aromatic rings. The zero-order valence-corrected chi connectivity index (χ0v) is 13.9. The van der Waals surface area contributed by atoms with E-state index in [1.54, 1.807) is 12.3 Å². The van der Waals surface area contributed by atoms with E-state index in [0.29, 0.717) is 5.75 Å². The molecule has 2 aromatic heterocycles. The molecule has 0 fully saturated rings. The molecule has 0 unspecified atom stereocenters. The van der Waals surface area contributed by atoms with Crippen LogP contribution in [0.4, 0.5) is 0 Å². The third-order valence-corrected chi connectivity index (χ3v) is 3.99. The second-order valence-corrected chi connectivity index (χ2v) is 5.49. The SMILES string of the molecule is CCc1cc2c(OCC(=O)OC)ccnn2c1Cc1ccccc1.